The Labute approximate surface area is 148 Å². The largest absolute Gasteiger partial charge is 0.372 e. The van der Waals surface area contributed by atoms with Gasteiger partial charge in [-0.25, -0.2) is 0 Å². The molecule has 2 aliphatic heterocycles. The van der Waals surface area contributed by atoms with Crippen molar-refractivity contribution in [2.24, 2.45) is 11.7 Å². The van der Waals surface area contributed by atoms with Crippen molar-refractivity contribution in [2.45, 2.75) is 26.1 Å². The number of halogens is 1. The van der Waals surface area contributed by atoms with E-state index < -0.39 is 0 Å². The first kappa shape index (κ1) is 18.7. The van der Waals surface area contributed by atoms with Crippen molar-refractivity contribution in [1.29, 1.82) is 0 Å². The van der Waals surface area contributed by atoms with Crippen molar-refractivity contribution in [3.8, 4) is 0 Å². The van der Waals surface area contributed by atoms with E-state index in [1.807, 2.05) is 18.2 Å². The molecule has 1 saturated heterocycles. The van der Waals surface area contributed by atoms with Gasteiger partial charge in [-0.3, -0.25) is 9.59 Å². The fraction of sp³-hybridized carbons (Fsp3) is 0.529. The van der Waals surface area contributed by atoms with Crippen LogP contribution in [0.3, 0.4) is 0 Å². The summed E-state index contributed by atoms with van der Waals surface area (Å²) in [6.45, 7) is 3.28. The van der Waals surface area contributed by atoms with E-state index in [2.05, 4.69) is 5.32 Å². The van der Waals surface area contributed by atoms with E-state index >= 15 is 0 Å². The molecule has 2 heterocycles. The van der Waals surface area contributed by atoms with E-state index in [0.29, 0.717) is 45.0 Å². The maximum atomic E-state index is 12.7. The van der Waals surface area contributed by atoms with Crippen LogP contribution in [0.5, 0.6) is 0 Å². The van der Waals surface area contributed by atoms with Crippen molar-refractivity contribution < 1.29 is 14.3 Å². The SMILES string of the molecule is Cl.NCCNC(=O)C1CCCN(C(=O)c2ccc3c(c2)COC3)C1. The molecule has 0 aliphatic carbocycles. The van der Waals surface area contributed by atoms with Gasteiger partial charge in [0.15, 0.2) is 0 Å². The number of piperidine rings is 1. The molecule has 3 rings (SSSR count). The lowest BCUT2D eigenvalue weighted by molar-refractivity contribution is -0.126. The number of ether oxygens (including phenoxy) is 1. The number of carbonyl (C=O) groups excluding carboxylic acids is 2. The lowest BCUT2D eigenvalue weighted by Crippen LogP contribution is -2.46. The van der Waals surface area contributed by atoms with E-state index in [9.17, 15) is 9.59 Å². The normalized spacial score (nSPS) is 19.4. The number of nitrogens with one attached hydrogen (secondary N) is 1. The molecule has 0 spiro atoms. The zero-order valence-corrected chi connectivity index (χ0v) is 14.4. The Morgan fingerprint density at radius 3 is 2.88 bits per heavy atom. The van der Waals surface area contributed by atoms with Crippen LogP contribution in [0.25, 0.3) is 0 Å². The first-order valence-corrected chi connectivity index (χ1v) is 8.15. The summed E-state index contributed by atoms with van der Waals surface area (Å²) in [5.74, 6) is -0.150. The molecule has 0 aromatic heterocycles. The van der Waals surface area contributed by atoms with Crippen LogP contribution in [0.15, 0.2) is 18.2 Å². The summed E-state index contributed by atoms with van der Waals surface area (Å²) in [4.78, 5) is 26.6. The minimum absolute atomic E-state index is 0. The van der Waals surface area contributed by atoms with Crippen molar-refractivity contribution >= 4 is 24.2 Å². The highest BCUT2D eigenvalue weighted by atomic mass is 35.5. The number of nitrogens with zero attached hydrogens (tertiary/aromatic N) is 1. The molecule has 0 bridgehead atoms. The molecular formula is C17H24ClN3O3. The molecule has 2 amide bonds. The number of benzene rings is 1. The lowest BCUT2D eigenvalue weighted by atomic mass is 9.96. The standard InChI is InChI=1S/C17H23N3O3.ClH/c18-5-6-19-16(21)13-2-1-7-20(9-13)17(22)12-3-4-14-10-23-11-15(14)8-12;/h3-4,8,13H,1-2,5-7,9-11,18H2,(H,19,21);1H. The zero-order chi connectivity index (χ0) is 16.2. The molecule has 24 heavy (non-hydrogen) atoms. The fourth-order valence-electron chi connectivity index (χ4n) is 3.20. The van der Waals surface area contributed by atoms with Gasteiger partial charge in [-0.1, -0.05) is 6.07 Å². The van der Waals surface area contributed by atoms with Gasteiger partial charge in [0, 0.05) is 31.7 Å². The molecule has 132 valence electrons. The van der Waals surface area contributed by atoms with Gasteiger partial charge in [0.1, 0.15) is 0 Å². The average molecular weight is 354 g/mol. The van der Waals surface area contributed by atoms with Gasteiger partial charge in [0.05, 0.1) is 19.1 Å². The van der Waals surface area contributed by atoms with Crippen LogP contribution in [0.1, 0.15) is 34.3 Å². The van der Waals surface area contributed by atoms with Crippen molar-refractivity contribution in [1.82, 2.24) is 10.2 Å². The van der Waals surface area contributed by atoms with E-state index in [4.69, 9.17) is 10.5 Å². The Balaban J connectivity index is 0.00000208. The zero-order valence-electron chi connectivity index (χ0n) is 13.6. The molecule has 1 fully saturated rings. The third-order valence-corrected chi connectivity index (χ3v) is 4.49. The molecule has 1 aromatic carbocycles. The van der Waals surface area contributed by atoms with Gasteiger partial charge >= 0.3 is 0 Å². The van der Waals surface area contributed by atoms with Crippen LogP contribution in [-0.4, -0.2) is 42.9 Å². The van der Waals surface area contributed by atoms with Gasteiger partial charge in [-0.2, -0.15) is 0 Å². The Hall–Kier alpha value is -1.63. The first-order chi connectivity index (χ1) is 11.2. The monoisotopic (exact) mass is 353 g/mol. The number of hydrogen-bond donors (Lipinski definition) is 2. The van der Waals surface area contributed by atoms with E-state index in [0.717, 1.165) is 24.0 Å². The minimum Gasteiger partial charge on any atom is -0.372 e. The quantitative estimate of drug-likeness (QED) is 0.847. The molecule has 1 unspecified atom stereocenters. The van der Waals surface area contributed by atoms with Crippen LogP contribution in [0.2, 0.25) is 0 Å². The summed E-state index contributed by atoms with van der Waals surface area (Å²) in [7, 11) is 0. The van der Waals surface area contributed by atoms with Crippen LogP contribution in [-0.2, 0) is 22.7 Å². The topological polar surface area (TPSA) is 84.7 Å². The highest BCUT2D eigenvalue weighted by Gasteiger charge is 2.29. The third-order valence-electron chi connectivity index (χ3n) is 4.49. The van der Waals surface area contributed by atoms with Crippen LogP contribution in [0, 0.1) is 5.92 Å². The number of rotatable bonds is 4. The highest BCUT2D eigenvalue weighted by molar-refractivity contribution is 5.95. The predicted octanol–water partition coefficient (Wildman–Crippen LogP) is 1.07. The third kappa shape index (κ3) is 4.06. The maximum Gasteiger partial charge on any atom is 0.253 e. The van der Waals surface area contributed by atoms with E-state index in [-0.39, 0.29) is 30.1 Å². The summed E-state index contributed by atoms with van der Waals surface area (Å²) in [5.41, 5.74) is 8.33. The Kier molecular flexibility index (Phi) is 6.60. The second-order valence-corrected chi connectivity index (χ2v) is 6.15. The number of fused-ring (bicyclic) bond motifs is 1. The van der Waals surface area contributed by atoms with Crippen LogP contribution < -0.4 is 11.1 Å². The number of likely N-dealkylation sites (tertiary alicyclic amines) is 1. The second-order valence-electron chi connectivity index (χ2n) is 6.15. The summed E-state index contributed by atoms with van der Waals surface area (Å²) in [6.07, 6.45) is 1.67. The molecule has 1 aromatic rings. The number of amides is 2. The van der Waals surface area contributed by atoms with Gasteiger partial charge in [0.2, 0.25) is 5.91 Å². The average Bonchev–Trinajstić information content (AvgIpc) is 3.06. The number of carbonyl (C=O) groups is 2. The van der Waals surface area contributed by atoms with Crippen LogP contribution in [0.4, 0.5) is 0 Å². The minimum atomic E-state index is -0.142. The van der Waals surface area contributed by atoms with Gasteiger partial charge < -0.3 is 20.7 Å². The molecule has 0 radical (unpaired) electrons. The number of nitrogens with two attached hydrogens (primary N) is 1. The fourth-order valence-corrected chi connectivity index (χ4v) is 3.20. The Morgan fingerprint density at radius 1 is 1.29 bits per heavy atom. The maximum absolute atomic E-state index is 12.7. The van der Waals surface area contributed by atoms with Crippen molar-refractivity contribution in [3.63, 3.8) is 0 Å². The van der Waals surface area contributed by atoms with E-state index in [1.165, 1.54) is 0 Å². The Bertz CT molecular complexity index is 609. The van der Waals surface area contributed by atoms with Gasteiger partial charge in [-0.05, 0) is 36.1 Å². The molecule has 7 heteroatoms. The second kappa shape index (κ2) is 8.46. The predicted molar refractivity (Wildman–Crippen MR) is 92.9 cm³/mol. The molecule has 2 aliphatic rings. The first-order valence-electron chi connectivity index (χ1n) is 8.15. The summed E-state index contributed by atoms with van der Waals surface area (Å²) < 4.78 is 5.39. The lowest BCUT2D eigenvalue weighted by Gasteiger charge is -2.32. The van der Waals surface area contributed by atoms with Gasteiger partial charge in [-0.15, -0.1) is 12.4 Å². The summed E-state index contributed by atoms with van der Waals surface area (Å²) in [5, 5.41) is 2.82. The molecule has 1 atom stereocenters. The molecule has 3 N–H and O–H groups in total. The smallest absolute Gasteiger partial charge is 0.253 e. The molecule has 6 nitrogen and oxygen atoms in total. The van der Waals surface area contributed by atoms with Crippen molar-refractivity contribution in [2.75, 3.05) is 26.2 Å². The Morgan fingerprint density at radius 2 is 2.08 bits per heavy atom. The number of hydrogen-bond acceptors (Lipinski definition) is 4. The molecular weight excluding hydrogens is 330 g/mol. The summed E-state index contributed by atoms with van der Waals surface area (Å²) in [6, 6.07) is 5.74. The van der Waals surface area contributed by atoms with Crippen LogP contribution >= 0.6 is 12.4 Å². The molecule has 0 saturated carbocycles. The summed E-state index contributed by atoms with van der Waals surface area (Å²) >= 11 is 0. The van der Waals surface area contributed by atoms with Gasteiger partial charge in [0.25, 0.3) is 5.91 Å². The van der Waals surface area contributed by atoms with E-state index in [1.54, 1.807) is 4.90 Å². The highest BCUT2D eigenvalue weighted by Crippen LogP contribution is 2.23. The van der Waals surface area contributed by atoms with Crippen molar-refractivity contribution in [3.05, 3.63) is 34.9 Å².